The van der Waals surface area contributed by atoms with Gasteiger partial charge >= 0.3 is 5.97 Å². The third-order valence-corrected chi connectivity index (χ3v) is 1.59. The fourth-order valence-corrected chi connectivity index (χ4v) is 0.905. The second kappa shape index (κ2) is 4.21. The lowest BCUT2D eigenvalue weighted by Gasteiger charge is -2.00. The van der Waals surface area contributed by atoms with E-state index in [-0.39, 0.29) is 12.4 Å². The van der Waals surface area contributed by atoms with Crippen molar-refractivity contribution in [2.24, 2.45) is 0 Å². The first-order chi connectivity index (χ1) is 6.27. The van der Waals surface area contributed by atoms with Crippen LogP contribution in [0.4, 0.5) is 0 Å². The first-order valence-electron chi connectivity index (χ1n) is 3.67. The molecule has 0 N–H and O–H groups in total. The number of rotatable bonds is 2. The minimum atomic E-state index is -0.371. The maximum Gasteiger partial charge on any atom is 0.310 e. The number of esters is 1. The van der Waals surface area contributed by atoms with Crippen molar-refractivity contribution in [2.75, 3.05) is 7.11 Å². The van der Waals surface area contributed by atoms with Crippen LogP contribution >= 0.6 is 0 Å². The van der Waals surface area contributed by atoms with Crippen molar-refractivity contribution in [3.8, 4) is 6.07 Å². The number of nitrogens with zero attached hydrogens (tertiary/aromatic N) is 2. The topological polar surface area (TPSA) is 63.0 Å². The average molecular weight is 176 g/mol. The Morgan fingerprint density at radius 3 is 3.15 bits per heavy atom. The van der Waals surface area contributed by atoms with E-state index in [4.69, 9.17) is 5.26 Å². The van der Waals surface area contributed by atoms with Gasteiger partial charge in [0.05, 0.1) is 25.2 Å². The van der Waals surface area contributed by atoms with E-state index in [9.17, 15) is 4.79 Å². The van der Waals surface area contributed by atoms with E-state index in [1.807, 2.05) is 6.07 Å². The van der Waals surface area contributed by atoms with Crippen molar-refractivity contribution in [3.05, 3.63) is 29.6 Å². The van der Waals surface area contributed by atoms with Gasteiger partial charge in [-0.05, 0) is 11.6 Å². The molecule has 66 valence electrons. The molecular formula is C9H8N2O2. The normalized spacial score (nSPS) is 8.92. The van der Waals surface area contributed by atoms with E-state index < -0.39 is 0 Å². The van der Waals surface area contributed by atoms with Crippen LogP contribution in [0.2, 0.25) is 0 Å². The largest absolute Gasteiger partial charge is 0.469 e. The van der Waals surface area contributed by atoms with E-state index in [0.717, 1.165) is 0 Å². The highest BCUT2D eigenvalue weighted by atomic mass is 16.5. The summed E-state index contributed by atoms with van der Waals surface area (Å²) in [7, 11) is 1.31. The lowest BCUT2D eigenvalue weighted by atomic mass is 10.1. The highest BCUT2D eigenvalue weighted by molar-refractivity contribution is 5.73. The molecule has 0 aliphatic heterocycles. The number of pyridine rings is 1. The van der Waals surface area contributed by atoms with Crippen LogP contribution in [0, 0.1) is 11.3 Å². The maximum absolute atomic E-state index is 10.9. The van der Waals surface area contributed by atoms with Crippen molar-refractivity contribution in [1.29, 1.82) is 5.26 Å². The molecule has 0 fully saturated rings. The van der Waals surface area contributed by atoms with Crippen LogP contribution in [-0.2, 0) is 16.0 Å². The van der Waals surface area contributed by atoms with Crippen molar-refractivity contribution < 1.29 is 9.53 Å². The number of methoxy groups -OCH3 is 1. The van der Waals surface area contributed by atoms with Crippen molar-refractivity contribution in [3.63, 3.8) is 0 Å². The molecule has 4 heteroatoms. The fourth-order valence-electron chi connectivity index (χ4n) is 0.905. The van der Waals surface area contributed by atoms with Crippen LogP contribution < -0.4 is 0 Å². The summed E-state index contributed by atoms with van der Waals surface area (Å²) in [6.45, 7) is 0. The molecule has 1 rings (SSSR count). The molecule has 4 nitrogen and oxygen atoms in total. The number of carbonyl (C=O) groups excluding carboxylic acids is 1. The van der Waals surface area contributed by atoms with Gasteiger partial charge in [-0.25, -0.2) is 0 Å². The van der Waals surface area contributed by atoms with Gasteiger partial charge in [-0.3, -0.25) is 9.78 Å². The molecule has 0 unspecified atom stereocenters. The van der Waals surface area contributed by atoms with E-state index in [2.05, 4.69) is 9.72 Å². The van der Waals surface area contributed by atoms with Crippen LogP contribution in [0.15, 0.2) is 18.5 Å². The van der Waals surface area contributed by atoms with Crippen molar-refractivity contribution in [1.82, 2.24) is 4.98 Å². The standard InChI is InChI=1S/C9H8N2O2/c1-13-9(12)4-8-6-11-3-2-7(8)5-10/h2-3,6H,4H2,1H3. The zero-order valence-electron chi connectivity index (χ0n) is 7.15. The molecule has 1 aromatic heterocycles. The highest BCUT2D eigenvalue weighted by Gasteiger charge is 2.06. The third-order valence-electron chi connectivity index (χ3n) is 1.59. The van der Waals surface area contributed by atoms with Gasteiger partial charge in [0, 0.05) is 12.4 Å². The molecule has 0 amide bonds. The quantitative estimate of drug-likeness (QED) is 0.621. The van der Waals surface area contributed by atoms with Gasteiger partial charge in [0.15, 0.2) is 0 Å². The van der Waals surface area contributed by atoms with Gasteiger partial charge in [0.25, 0.3) is 0 Å². The van der Waals surface area contributed by atoms with E-state index >= 15 is 0 Å². The Bertz CT molecular complexity index is 355. The Morgan fingerprint density at radius 2 is 2.54 bits per heavy atom. The van der Waals surface area contributed by atoms with Gasteiger partial charge in [0.1, 0.15) is 0 Å². The number of carbonyl (C=O) groups is 1. The third kappa shape index (κ3) is 2.27. The van der Waals surface area contributed by atoms with Crippen molar-refractivity contribution in [2.45, 2.75) is 6.42 Å². The molecule has 0 atom stereocenters. The SMILES string of the molecule is COC(=O)Cc1cnccc1C#N. The molecule has 0 saturated heterocycles. The summed E-state index contributed by atoms with van der Waals surface area (Å²) >= 11 is 0. The van der Waals surface area contributed by atoms with E-state index in [1.54, 1.807) is 6.07 Å². The molecule has 0 radical (unpaired) electrons. The average Bonchev–Trinajstić information content (AvgIpc) is 2.18. The second-order valence-corrected chi connectivity index (χ2v) is 2.40. The van der Waals surface area contributed by atoms with Gasteiger partial charge in [-0.15, -0.1) is 0 Å². The Labute approximate surface area is 75.8 Å². The molecule has 0 aromatic carbocycles. The van der Waals surface area contributed by atoms with E-state index in [1.165, 1.54) is 19.5 Å². The Balaban J connectivity index is 2.89. The molecule has 0 spiro atoms. The first-order valence-corrected chi connectivity index (χ1v) is 3.67. The molecule has 13 heavy (non-hydrogen) atoms. The number of nitriles is 1. The minimum Gasteiger partial charge on any atom is -0.469 e. The minimum absolute atomic E-state index is 0.0905. The summed E-state index contributed by atoms with van der Waals surface area (Å²) in [5.74, 6) is -0.371. The molecule has 0 saturated carbocycles. The van der Waals surface area contributed by atoms with Gasteiger partial charge < -0.3 is 4.74 Å². The smallest absolute Gasteiger partial charge is 0.310 e. The Hall–Kier alpha value is -1.89. The molecule has 1 heterocycles. The van der Waals surface area contributed by atoms with Crippen molar-refractivity contribution >= 4 is 5.97 Å². The lowest BCUT2D eigenvalue weighted by molar-refractivity contribution is -0.139. The Morgan fingerprint density at radius 1 is 1.77 bits per heavy atom. The number of hydrogen-bond donors (Lipinski definition) is 0. The summed E-state index contributed by atoms with van der Waals surface area (Å²) in [6.07, 6.45) is 3.10. The number of hydrogen-bond acceptors (Lipinski definition) is 4. The van der Waals surface area contributed by atoms with Crippen LogP contribution in [0.5, 0.6) is 0 Å². The lowest BCUT2D eigenvalue weighted by Crippen LogP contribution is -2.06. The predicted molar refractivity (Wildman–Crippen MR) is 44.7 cm³/mol. The molecule has 1 aromatic rings. The van der Waals surface area contributed by atoms with Crippen LogP contribution in [0.3, 0.4) is 0 Å². The Kier molecular flexibility index (Phi) is 2.98. The summed E-state index contributed by atoms with van der Waals surface area (Å²) in [4.78, 5) is 14.7. The van der Waals surface area contributed by atoms with Gasteiger partial charge in [0.2, 0.25) is 0 Å². The maximum atomic E-state index is 10.9. The molecule has 0 bridgehead atoms. The van der Waals surface area contributed by atoms with Crippen LogP contribution in [0.25, 0.3) is 0 Å². The summed E-state index contributed by atoms with van der Waals surface area (Å²) < 4.78 is 4.48. The van der Waals surface area contributed by atoms with Crippen LogP contribution in [-0.4, -0.2) is 18.1 Å². The molecular weight excluding hydrogens is 168 g/mol. The summed E-state index contributed by atoms with van der Waals surface area (Å²) in [5.41, 5.74) is 1.05. The predicted octanol–water partition coefficient (Wildman–Crippen LogP) is 0.669. The van der Waals surface area contributed by atoms with Gasteiger partial charge in [-0.2, -0.15) is 5.26 Å². The highest BCUT2D eigenvalue weighted by Crippen LogP contribution is 2.06. The zero-order valence-corrected chi connectivity index (χ0v) is 7.15. The monoisotopic (exact) mass is 176 g/mol. The molecule has 0 aliphatic rings. The summed E-state index contributed by atoms with van der Waals surface area (Å²) in [6, 6.07) is 3.54. The summed E-state index contributed by atoms with van der Waals surface area (Å²) in [5, 5.41) is 8.67. The second-order valence-electron chi connectivity index (χ2n) is 2.40. The van der Waals surface area contributed by atoms with Crippen LogP contribution in [0.1, 0.15) is 11.1 Å². The van der Waals surface area contributed by atoms with Gasteiger partial charge in [-0.1, -0.05) is 0 Å². The van der Waals surface area contributed by atoms with E-state index in [0.29, 0.717) is 11.1 Å². The number of ether oxygens (including phenoxy) is 1. The zero-order chi connectivity index (χ0) is 9.68. The first kappa shape index (κ1) is 9.20. The fraction of sp³-hybridized carbons (Fsp3) is 0.222. The molecule has 0 aliphatic carbocycles. The number of aromatic nitrogens is 1.